The second-order valence-corrected chi connectivity index (χ2v) is 8.35. The number of hydrogen-bond acceptors (Lipinski definition) is 2. The minimum atomic E-state index is 0.240. The van der Waals surface area contributed by atoms with Crippen LogP contribution in [0.25, 0.3) is 0 Å². The minimum Gasteiger partial charge on any atom is -0.330 e. The van der Waals surface area contributed by atoms with Crippen molar-refractivity contribution in [3.8, 4) is 0 Å². The van der Waals surface area contributed by atoms with Crippen LogP contribution in [0.15, 0.2) is 22.7 Å². The third-order valence-electron chi connectivity index (χ3n) is 5.18. The monoisotopic (exact) mass is 353 g/mol. The molecule has 2 fully saturated rings. The maximum atomic E-state index is 6.16. The molecule has 0 aromatic heterocycles. The van der Waals surface area contributed by atoms with Gasteiger partial charge in [-0.3, -0.25) is 0 Å². The van der Waals surface area contributed by atoms with Crippen molar-refractivity contribution in [2.24, 2.45) is 5.73 Å². The zero-order chi connectivity index (χ0) is 14.0. The molecule has 1 atom stereocenters. The van der Waals surface area contributed by atoms with Crippen LogP contribution >= 0.6 is 27.7 Å². The number of thioether (sulfide) groups is 1. The summed E-state index contributed by atoms with van der Waals surface area (Å²) in [5.74, 6) is 3.33. The van der Waals surface area contributed by atoms with Crippen molar-refractivity contribution >= 4 is 27.7 Å². The van der Waals surface area contributed by atoms with Crippen LogP contribution in [0.2, 0.25) is 0 Å². The van der Waals surface area contributed by atoms with Crippen LogP contribution in [0.5, 0.6) is 0 Å². The molecule has 110 valence electrons. The van der Waals surface area contributed by atoms with Gasteiger partial charge in [0.15, 0.2) is 0 Å². The van der Waals surface area contributed by atoms with Gasteiger partial charge in [0.25, 0.3) is 0 Å². The fourth-order valence-corrected chi connectivity index (χ4v) is 5.76. The molecule has 0 bridgehead atoms. The van der Waals surface area contributed by atoms with Crippen LogP contribution < -0.4 is 5.73 Å². The Kier molecular flexibility index (Phi) is 4.79. The van der Waals surface area contributed by atoms with Crippen molar-refractivity contribution in [1.82, 2.24) is 0 Å². The highest BCUT2D eigenvalue weighted by atomic mass is 79.9. The zero-order valence-corrected chi connectivity index (χ0v) is 14.4. The lowest BCUT2D eigenvalue weighted by Gasteiger charge is -2.37. The van der Waals surface area contributed by atoms with Crippen molar-refractivity contribution in [2.75, 3.05) is 18.1 Å². The van der Waals surface area contributed by atoms with Crippen LogP contribution in [0.4, 0.5) is 0 Å². The maximum Gasteiger partial charge on any atom is 0.0213 e. The summed E-state index contributed by atoms with van der Waals surface area (Å²) in [6, 6.07) is 7.10. The van der Waals surface area contributed by atoms with Crippen LogP contribution in [-0.2, 0) is 5.41 Å². The highest BCUT2D eigenvalue weighted by Crippen LogP contribution is 2.42. The first-order valence-electron chi connectivity index (χ1n) is 7.83. The molecular formula is C17H24BrNS. The molecule has 20 heavy (non-hydrogen) atoms. The molecule has 0 spiro atoms. The Balaban J connectivity index is 1.88. The largest absolute Gasteiger partial charge is 0.330 e. The van der Waals surface area contributed by atoms with E-state index in [1.54, 1.807) is 0 Å². The van der Waals surface area contributed by atoms with Crippen molar-refractivity contribution in [3.05, 3.63) is 33.8 Å². The van der Waals surface area contributed by atoms with Gasteiger partial charge in [0, 0.05) is 22.2 Å². The van der Waals surface area contributed by atoms with Gasteiger partial charge in [0.1, 0.15) is 0 Å². The molecule has 1 saturated carbocycles. The predicted octanol–water partition coefficient (Wildman–Crippen LogP) is 4.83. The first kappa shape index (κ1) is 14.9. The third kappa shape index (κ3) is 2.82. The molecule has 1 aromatic rings. The number of benzene rings is 1. The Hall–Kier alpha value is 0.01000. The normalized spacial score (nSPS) is 25.8. The molecule has 2 aliphatic rings. The molecule has 1 aromatic carbocycles. The van der Waals surface area contributed by atoms with Crippen LogP contribution in [0, 0.1) is 0 Å². The summed E-state index contributed by atoms with van der Waals surface area (Å²) < 4.78 is 1.31. The molecule has 3 rings (SSSR count). The summed E-state index contributed by atoms with van der Waals surface area (Å²) in [7, 11) is 0. The van der Waals surface area contributed by atoms with Gasteiger partial charge in [0.05, 0.1) is 0 Å². The summed E-state index contributed by atoms with van der Waals surface area (Å²) in [5, 5.41) is 0. The molecular weight excluding hydrogens is 330 g/mol. The van der Waals surface area contributed by atoms with Gasteiger partial charge in [-0.15, -0.1) is 0 Å². The van der Waals surface area contributed by atoms with E-state index >= 15 is 0 Å². The second kappa shape index (κ2) is 6.41. The van der Waals surface area contributed by atoms with Gasteiger partial charge in [-0.2, -0.15) is 11.8 Å². The fourth-order valence-electron chi connectivity index (χ4n) is 3.81. The van der Waals surface area contributed by atoms with Crippen LogP contribution in [0.1, 0.15) is 55.6 Å². The van der Waals surface area contributed by atoms with Crippen molar-refractivity contribution in [3.63, 3.8) is 0 Å². The van der Waals surface area contributed by atoms with E-state index in [-0.39, 0.29) is 5.41 Å². The average molecular weight is 354 g/mol. The average Bonchev–Trinajstić information content (AvgIpc) is 3.02. The Morgan fingerprint density at radius 2 is 2.05 bits per heavy atom. The van der Waals surface area contributed by atoms with Gasteiger partial charge in [-0.1, -0.05) is 47.3 Å². The first-order valence-corrected chi connectivity index (χ1v) is 9.78. The molecule has 1 saturated heterocycles. The predicted molar refractivity (Wildman–Crippen MR) is 92.6 cm³/mol. The standard InChI is InChI=1S/C17H24BrNS/c18-16-10-14(17(12-19)7-2-1-3-8-17)4-5-15(16)13-6-9-20-11-13/h4-5,10,13H,1-3,6-9,11-12,19H2. The fraction of sp³-hybridized carbons (Fsp3) is 0.647. The van der Waals surface area contributed by atoms with Gasteiger partial charge in [-0.25, -0.2) is 0 Å². The maximum absolute atomic E-state index is 6.16. The Morgan fingerprint density at radius 3 is 2.65 bits per heavy atom. The highest BCUT2D eigenvalue weighted by molar-refractivity contribution is 9.10. The Labute approximate surface area is 135 Å². The van der Waals surface area contributed by atoms with Crippen molar-refractivity contribution < 1.29 is 0 Å². The van der Waals surface area contributed by atoms with Crippen LogP contribution in [0.3, 0.4) is 0 Å². The molecule has 1 unspecified atom stereocenters. The van der Waals surface area contributed by atoms with E-state index in [0.29, 0.717) is 0 Å². The quantitative estimate of drug-likeness (QED) is 0.841. The van der Waals surface area contributed by atoms with Gasteiger partial charge >= 0.3 is 0 Å². The molecule has 0 amide bonds. The molecule has 2 N–H and O–H groups in total. The molecule has 1 aliphatic heterocycles. The summed E-state index contributed by atoms with van der Waals surface area (Å²) in [5.41, 5.74) is 9.36. The number of hydrogen-bond donors (Lipinski definition) is 1. The first-order chi connectivity index (χ1) is 9.75. The lowest BCUT2D eigenvalue weighted by molar-refractivity contribution is 0.300. The van der Waals surface area contributed by atoms with E-state index in [0.717, 1.165) is 12.5 Å². The highest BCUT2D eigenvalue weighted by Gasteiger charge is 2.33. The molecule has 1 aliphatic carbocycles. The van der Waals surface area contributed by atoms with E-state index in [9.17, 15) is 0 Å². The minimum absolute atomic E-state index is 0.240. The molecule has 0 radical (unpaired) electrons. The smallest absolute Gasteiger partial charge is 0.0213 e. The van der Waals surface area contributed by atoms with E-state index in [2.05, 4.69) is 45.9 Å². The van der Waals surface area contributed by atoms with Crippen molar-refractivity contribution in [1.29, 1.82) is 0 Å². The summed E-state index contributed by atoms with van der Waals surface area (Å²) >= 11 is 5.91. The third-order valence-corrected chi connectivity index (χ3v) is 7.03. The van der Waals surface area contributed by atoms with Crippen molar-refractivity contribution in [2.45, 2.75) is 49.9 Å². The van der Waals surface area contributed by atoms with E-state index in [4.69, 9.17) is 5.73 Å². The van der Waals surface area contributed by atoms with Gasteiger partial charge in [0.2, 0.25) is 0 Å². The summed E-state index contributed by atoms with van der Waals surface area (Å²) in [6.07, 6.45) is 7.87. The number of rotatable bonds is 3. The van der Waals surface area contributed by atoms with Gasteiger partial charge < -0.3 is 5.73 Å². The Morgan fingerprint density at radius 1 is 1.25 bits per heavy atom. The molecule has 1 nitrogen and oxygen atoms in total. The summed E-state index contributed by atoms with van der Waals surface area (Å²) in [4.78, 5) is 0. The van der Waals surface area contributed by atoms with Gasteiger partial charge in [-0.05, 0) is 48.1 Å². The SMILES string of the molecule is NCC1(c2ccc(C3CCSC3)c(Br)c2)CCCCC1. The van der Waals surface area contributed by atoms with E-state index in [1.165, 1.54) is 65.6 Å². The Bertz CT molecular complexity index is 462. The second-order valence-electron chi connectivity index (χ2n) is 6.34. The summed E-state index contributed by atoms with van der Waals surface area (Å²) in [6.45, 7) is 0.790. The molecule has 1 heterocycles. The van der Waals surface area contributed by atoms with Crippen LogP contribution in [-0.4, -0.2) is 18.1 Å². The lowest BCUT2D eigenvalue weighted by atomic mass is 9.69. The van der Waals surface area contributed by atoms with E-state index in [1.807, 2.05) is 0 Å². The number of halogens is 1. The zero-order valence-electron chi connectivity index (χ0n) is 12.0. The topological polar surface area (TPSA) is 26.0 Å². The molecule has 3 heteroatoms. The van der Waals surface area contributed by atoms with E-state index < -0.39 is 0 Å². The number of nitrogens with two attached hydrogens (primary N) is 1. The lowest BCUT2D eigenvalue weighted by Crippen LogP contribution is -2.37.